The zero-order chi connectivity index (χ0) is 19.8. The van der Waals surface area contributed by atoms with Crippen molar-refractivity contribution in [2.45, 2.75) is 19.9 Å². The summed E-state index contributed by atoms with van der Waals surface area (Å²) in [7, 11) is 0. The van der Waals surface area contributed by atoms with E-state index in [4.69, 9.17) is 0 Å². The van der Waals surface area contributed by atoms with E-state index in [1.807, 2.05) is 67.8 Å². The van der Waals surface area contributed by atoms with E-state index in [2.05, 4.69) is 0 Å². The van der Waals surface area contributed by atoms with Gasteiger partial charge in [0, 0.05) is 5.69 Å². The Balaban J connectivity index is 1.91. The van der Waals surface area contributed by atoms with Gasteiger partial charge in [0.05, 0.1) is 16.5 Å². The van der Waals surface area contributed by atoms with Crippen molar-refractivity contribution in [1.29, 1.82) is 0 Å². The Bertz CT molecular complexity index is 1080. The third-order valence-electron chi connectivity index (χ3n) is 4.99. The summed E-state index contributed by atoms with van der Waals surface area (Å²) in [6.45, 7) is 3.91. The molecule has 1 aliphatic rings. The van der Waals surface area contributed by atoms with Gasteiger partial charge in [-0.1, -0.05) is 48.0 Å². The number of carbonyl (C=O) groups excluding carboxylic acids is 2. The summed E-state index contributed by atoms with van der Waals surface area (Å²) in [5.74, 6) is -1.35. The largest absolute Gasteiger partial charge is 0.503 e. The van der Waals surface area contributed by atoms with E-state index in [0.29, 0.717) is 10.6 Å². The molecule has 1 N–H and O–H groups in total. The van der Waals surface area contributed by atoms with Crippen LogP contribution in [0.5, 0.6) is 0 Å². The Morgan fingerprint density at radius 3 is 2.36 bits per heavy atom. The van der Waals surface area contributed by atoms with Gasteiger partial charge in [0.1, 0.15) is 0 Å². The molecule has 0 aliphatic carbocycles. The van der Waals surface area contributed by atoms with Gasteiger partial charge < -0.3 is 5.11 Å². The lowest BCUT2D eigenvalue weighted by atomic mass is 9.92. The zero-order valence-corrected chi connectivity index (χ0v) is 16.4. The number of carbonyl (C=O) groups is 2. The number of benzene rings is 2. The normalized spacial score (nSPS) is 16.7. The lowest BCUT2D eigenvalue weighted by molar-refractivity contribution is -0.117. The minimum atomic E-state index is -0.675. The first-order chi connectivity index (χ1) is 13.5. The lowest BCUT2D eigenvalue weighted by Gasteiger charge is -2.28. The predicted molar refractivity (Wildman–Crippen MR) is 111 cm³/mol. The molecule has 0 saturated heterocycles. The number of ketones is 1. The fourth-order valence-electron chi connectivity index (χ4n) is 3.54. The number of hydrogen-bond acceptors (Lipinski definition) is 4. The Labute approximate surface area is 167 Å². The van der Waals surface area contributed by atoms with Crippen molar-refractivity contribution >= 4 is 28.7 Å². The molecular formula is C23H19NO3S. The van der Waals surface area contributed by atoms with E-state index in [1.54, 1.807) is 12.1 Å². The topological polar surface area (TPSA) is 57.6 Å². The third kappa shape index (κ3) is 2.94. The lowest BCUT2D eigenvalue weighted by Crippen LogP contribution is -2.31. The first-order valence-electron chi connectivity index (χ1n) is 8.96. The van der Waals surface area contributed by atoms with Crippen molar-refractivity contribution in [3.63, 3.8) is 0 Å². The molecule has 1 unspecified atom stereocenters. The number of aryl methyl sites for hydroxylation is 2. The van der Waals surface area contributed by atoms with Crippen LogP contribution in [0, 0.1) is 13.8 Å². The molecule has 3 aromatic rings. The fourth-order valence-corrected chi connectivity index (χ4v) is 4.22. The molecule has 5 heteroatoms. The molecule has 140 valence electrons. The number of aliphatic hydroxyl groups is 1. The highest BCUT2D eigenvalue weighted by Crippen LogP contribution is 2.43. The predicted octanol–water partition coefficient (Wildman–Crippen LogP) is 5.15. The summed E-state index contributed by atoms with van der Waals surface area (Å²) in [5, 5.41) is 12.5. The molecule has 28 heavy (non-hydrogen) atoms. The van der Waals surface area contributed by atoms with Gasteiger partial charge >= 0.3 is 0 Å². The summed E-state index contributed by atoms with van der Waals surface area (Å²) < 4.78 is 0. The quantitative estimate of drug-likeness (QED) is 0.628. The van der Waals surface area contributed by atoms with Gasteiger partial charge in [-0.2, -0.15) is 0 Å². The maximum Gasteiger partial charge on any atom is 0.294 e. The average molecular weight is 389 g/mol. The van der Waals surface area contributed by atoms with Crippen LogP contribution in [0.1, 0.15) is 32.4 Å². The van der Waals surface area contributed by atoms with E-state index < -0.39 is 17.7 Å². The van der Waals surface area contributed by atoms with Crippen LogP contribution in [0.2, 0.25) is 0 Å². The second-order valence-corrected chi connectivity index (χ2v) is 7.79. The molecule has 0 bridgehead atoms. The standard InChI is InChI=1S/C23H19NO3S/c1-14-9-11-16(12-10-14)24-20(17-7-4-3-6-15(17)2)19(22(26)23(24)27)21(25)18-8-5-13-28-18/h3-13,20,26H,1-2H3. The van der Waals surface area contributed by atoms with Crippen LogP contribution in [0.15, 0.2) is 77.4 Å². The number of amides is 1. The number of aliphatic hydroxyl groups excluding tert-OH is 1. The number of rotatable bonds is 4. The highest BCUT2D eigenvalue weighted by atomic mass is 32.1. The van der Waals surface area contributed by atoms with Crippen LogP contribution >= 0.6 is 11.3 Å². The number of Topliss-reactive ketones (excluding diaryl/α,β-unsaturated/α-hetero) is 1. The first-order valence-corrected chi connectivity index (χ1v) is 9.84. The molecule has 1 amide bonds. The van der Waals surface area contributed by atoms with Crippen LogP contribution in [-0.2, 0) is 4.79 Å². The highest BCUT2D eigenvalue weighted by molar-refractivity contribution is 7.12. The maximum absolute atomic E-state index is 13.2. The Morgan fingerprint density at radius 1 is 1.00 bits per heavy atom. The molecule has 0 saturated carbocycles. The van der Waals surface area contributed by atoms with E-state index >= 15 is 0 Å². The van der Waals surface area contributed by atoms with Crippen LogP contribution < -0.4 is 4.90 Å². The molecule has 1 aliphatic heterocycles. The molecule has 1 aromatic heterocycles. The molecule has 4 rings (SSSR count). The van der Waals surface area contributed by atoms with Crippen molar-refractivity contribution in [3.05, 3.63) is 98.9 Å². The van der Waals surface area contributed by atoms with Gasteiger partial charge in [-0.25, -0.2) is 0 Å². The molecule has 2 aromatic carbocycles. The Kier molecular flexibility index (Phi) is 4.61. The summed E-state index contributed by atoms with van der Waals surface area (Å²) in [4.78, 5) is 28.3. The van der Waals surface area contributed by atoms with Crippen LogP contribution in [0.25, 0.3) is 0 Å². The van der Waals surface area contributed by atoms with Gasteiger partial charge in [-0.15, -0.1) is 11.3 Å². The second kappa shape index (κ2) is 7.09. The second-order valence-electron chi connectivity index (χ2n) is 6.84. The summed E-state index contributed by atoms with van der Waals surface area (Å²) in [5.41, 5.74) is 3.60. The number of anilines is 1. The number of nitrogens with zero attached hydrogens (tertiary/aromatic N) is 1. The molecular weight excluding hydrogens is 370 g/mol. The molecule has 1 atom stereocenters. The van der Waals surface area contributed by atoms with E-state index in [-0.39, 0.29) is 11.4 Å². The summed E-state index contributed by atoms with van der Waals surface area (Å²) in [6.07, 6.45) is 0. The summed E-state index contributed by atoms with van der Waals surface area (Å²) in [6, 6.07) is 17.9. The van der Waals surface area contributed by atoms with Gasteiger partial charge in [-0.05, 0) is 48.6 Å². The van der Waals surface area contributed by atoms with E-state index in [1.165, 1.54) is 16.2 Å². The van der Waals surface area contributed by atoms with Gasteiger partial charge in [-0.3, -0.25) is 14.5 Å². The van der Waals surface area contributed by atoms with Crippen LogP contribution in [-0.4, -0.2) is 16.8 Å². The minimum absolute atomic E-state index is 0.127. The smallest absolute Gasteiger partial charge is 0.294 e. The maximum atomic E-state index is 13.2. The van der Waals surface area contributed by atoms with Gasteiger partial charge in [0.25, 0.3) is 5.91 Å². The zero-order valence-electron chi connectivity index (χ0n) is 15.5. The van der Waals surface area contributed by atoms with Crippen molar-refractivity contribution in [3.8, 4) is 0 Å². The van der Waals surface area contributed by atoms with E-state index in [9.17, 15) is 14.7 Å². The van der Waals surface area contributed by atoms with Crippen molar-refractivity contribution < 1.29 is 14.7 Å². The van der Waals surface area contributed by atoms with Crippen molar-refractivity contribution in [1.82, 2.24) is 0 Å². The average Bonchev–Trinajstić information content (AvgIpc) is 3.31. The van der Waals surface area contributed by atoms with Gasteiger partial charge in [0.2, 0.25) is 5.78 Å². The Hall–Kier alpha value is -3.18. The minimum Gasteiger partial charge on any atom is -0.503 e. The molecule has 4 nitrogen and oxygen atoms in total. The molecule has 0 fully saturated rings. The monoisotopic (exact) mass is 389 g/mol. The van der Waals surface area contributed by atoms with Crippen molar-refractivity contribution in [2.75, 3.05) is 4.90 Å². The SMILES string of the molecule is Cc1ccc(N2C(=O)C(O)=C(C(=O)c3cccs3)C2c2ccccc2C)cc1. The first kappa shape index (κ1) is 18.2. The molecule has 0 spiro atoms. The summed E-state index contributed by atoms with van der Waals surface area (Å²) >= 11 is 1.30. The molecule has 2 heterocycles. The molecule has 0 radical (unpaired) electrons. The fraction of sp³-hybridized carbons (Fsp3) is 0.130. The number of hydrogen-bond donors (Lipinski definition) is 1. The Morgan fingerprint density at radius 2 is 1.71 bits per heavy atom. The van der Waals surface area contributed by atoms with Crippen molar-refractivity contribution in [2.24, 2.45) is 0 Å². The van der Waals surface area contributed by atoms with Gasteiger partial charge in [0.15, 0.2) is 5.76 Å². The van der Waals surface area contributed by atoms with Crippen LogP contribution in [0.3, 0.4) is 0 Å². The number of thiophene rings is 1. The van der Waals surface area contributed by atoms with E-state index in [0.717, 1.165) is 16.7 Å². The van der Waals surface area contributed by atoms with Crippen LogP contribution in [0.4, 0.5) is 5.69 Å². The third-order valence-corrected chi connectivity index (χ3v) is 5.86. The highest BCUT2D eigenvalue weighted by Gasteiger charge is 2.45.